The van der Waals surface area contributed by atoms with Crippen LogP contribution < -0.4 is 11.3 Å². The second kappa shape index (κ2) is 5.00. The number of halogens is 4. The molecule has 0 aliphatic rings. The molecule has 0 radical (unpaired) electrons. The first-order valence-electron chi connectivity index (χ1n) is 2.77. The molecule has 1 rings (SSSR count). The molecule has 12 heavy (non-hydrogen) atoms. The summed E-state index contributed by atoms with van der Waals surface area (Å²) >= 11 is 17.1. The largest absolute Gasteiger partial charge is 0.323 e. The second-order valence-corrected chi connectivity index (χ2v) is 3.03. The zero-order valence-electron chi connectivity index (χ0n) is 5.77. The van der Waals surface area contributed by atoms with Gasteiger partial charge in [-0.15, -0.1) is 12.4 Å². The molecule has 0 atom stereocenters. The first-order valence-corrected chi connectivity index (χ1v) is 3.90. The van der Waals surface area contributed by atoms with Gasteiger partial charge in [-0.25, -0.2) is 0 Å². The number of nitrogens with two attached hydrogens (primary N) is 1. The third kappa shape index (κ3) is 2.31. The van der Waals surface area contributed by atoms with E-state index in [9.17, 15) is 0 Å². The van der Waals surface area contributed by atoms with Gasteiger partial charge in [0, 0.05) is 0 Å². The second-order valence-electron chi connectivity index (χ2n) is 1.87. The lowest BCUT2D eigenvalue weighted by molar-refractivity contribution is 1.35. The van der Waals surface area contributed by atoms with E-state index in [1.54, 1.807) is 12.1 Å². The van der Waals surface area contributed by atoms with Crippen LogP contribution >= 0.6 is 47.2 Å². The van der Waals surface area contributed by atoms with E-state index >= 15 is 0 Å². The van der Waals surface area contributed by atoms with Gasteiger partial charge in [0.1, 0.15) is 0 Å². The number of hydrogen-bond acceptors (Lipinski definition) is 2. The summed E-state index contributed by atoms with van der Waals surface area (Å²) in [6.07, 6.45) is 0. The Bertz CT molecular complexity index is 276. The predicted molar refractivity (Wildman–Crippen MR) is 56.5 cm³/mol. The molecule has 3 N–H and O–H groups in total. The van der Waals surface area contributed by atoms with Crippen LogP contribution in [0.15, 0.2) is 12.1 Å². The van der Waals surface area contributed by atoms with Crippen molar-refractivity contribution in [1.29, 1.82) is 0 Å². The monoisotopic (exact) mass is 246 g/mol. The Hall–Kier alpha value is 0.140. The van der Waals surface area contributed by atoms with Crippen LogP contribution in [0.5, 0.6) is 0 Å². The van der Waals surface area contributed by atoms with Crippen molar-refractivity contribution in [3.05, 3.63) is 27.2 Å². The molecule has 0 unspecified atom stereocenters. The van der Waals surface area contributed by atoms with Crippen molar-refractivity contribution >= 4 is 52.9 Å². The van der Waals surface area contributed by atoms with E-state index in [-0.39, 0.29) is 12.4 Å². The molecule has 6 heteroatoms. The molecule has 1 aromatic rings. The maximum Gasteiger partial charge on any atom is 0.0852 e. The molecule has 1 aromatic carbocycles. The lowest BCUT2D eigenvalue weighted by Gasteiger charge is -2.04. The van der Waals surface area contributed by atoms with Crippen molar-refractivity contribution in [2.75, 3.05) is 5.43 Å². The van der Waals surface area contributed by atoms with Gasteiger partial charge >= 0.3 is 0 Å². The highest BCUT2D eigenvalue weighted by atomic mass is 35.5. The van der Waals surface area contributed by atoms with E-state index in [0.717, 1.165) is 0 Å². The highest BCUT2D eigenvalue weighted by molar-refractivity contribution is 6.49. The van der Waals surface area contributed by atoms with Gasteiger partial charge in [-0.05, 0) is 12.1 Å². The fourth-order valence-corrected chi connectivity index (χ4v) is 1.23. The molecule has 2 nitrogen and oxygen atoms in total. The fraction of sp³-hybridized carbons (Fsp3) is 0. The first kappa shape index (κ1) is 12.1. The van der Waals surface area contributed by atoms with Crippen molar-refractivity contribution in [1.82, 2.24) is 0 Å². The quantitative estimate of drug-likeness (QED) is 0.454. The molecule has 0 bridgehead atoms. The van der Waals surface area contributed by atoms with Gasteiger partial charge in [0.2, 0.25) is 0 Å². The summed E-state index contributed by atoms with van der Waals surface area (Å²) in [6.45, 7) is 0. The molecule has 68 valence electrons. The Balaban J connectivity index is 0.00000121. The van der Waals surface area contributed by atoms with Gasteiger partial charge in [0.05, 0.1) is 20.8 Å². The van der Waals surface area contributed by atoms with Crippen molar-refractivity contribution in [3.63, 3.8) is 0 Å². The summed E-state index contributed by atoms with van der Waals surface area (Å²) in [6, 6.07) is 3.27. The molecule has 0 aromatic heterocycles. The Labute approximate surface area is 91.4 Å². The summed E-state index contributed by atoms with van der Waals surface area (Å²) in [5.41, 5.74) is 2.94. The summed E-state index contributed by atoms with van der Waals surface area (Å²) < 4.78 is 0. The zero-order chi connectivity index (χ0) is 8.43. The van der Waals surface area contributed by atoms with Crippen LogP contribution in [0.1, 0.15) is 0 Å². The number of nitrogen functional groups attached to an aromatic ring is 1. The van der Waals surface area contributed by atoms with Gasteiger partial charge in [0.15, 0.2) is 0 Å². The molecule has 0 aliphatic carbocycles. The van der Waals surface area contributed by atoms with Gasteiger partial charge in [-0.2, -0.15) is 0 Å². The summed E-state index contributed by atoms with van der Waals surface area (Å²) in [7, 11) is 0. The maximum absolute atomic E-state index is 5.74. The minimum Gasteiger partial charge on any atom is -0.323 e. The van der Waals surface area contributed by atoms with Crippen molar-refractivity contribution in [3.8, 4) is 0 Å². The van der Waals surface area contributed by atoms with Crippen LogP contribution in [-0.4, -0.2) is 0 Å². The number of benzene rings is 1. The topological polar surface area (TPSA) is 38.0 Å². The first-order chi connectivity index (χ1) is 5.16. The number of rotatable bonds is 1. The molecule has 0 spiro atoms. The molecule has 0 heterocycles. The highest BCUT2D eigenvalue weighted by Crippen LogP contribution is 2.34. The summed E-state index contributed by atoms with van der Waals surface area (Å²) in [5.74, 6) is 5.13. The van der Waals surface area contributed by atoms with Gasteiger partial charge in [-0.3, -0.25) is 5.84 Å². The number of anilines is 1. The number of hydrogen-bond donors (Lipinski definition) is 2. The smallest absolute Gasteiger partial charge is 0.0852 e. The fourth-order valence-electron chi connectivity index (χ4n) is 0.637. The van der Waals surface area contributed by atoms with Crippen LogP contribution in [0.25, 0.3) is 0 Å². The van der Waals surface area contributed by atoms with E-state index in [1.807, 2.05) is 0 Å². The predicted octanol–water partition coefficient (Wildman–Crippen LogP) is 3.35. The Morgan fingerprint density at radius 1 is 1.08 bits per heavy atom. The van der Waals surface area contributed by atoms with Crippen molar-refractivity contribution in [2.45, 2.75) is 0 Å². The third-order valence-corrected chi connectivity index (χ3v) is 2.48. The summed E-state index contributed by atoms with van der Waals surface area (Å²) in [5, 5.41) is 1.06. The SMILES string of the molecule is Cl.NNc1ccc(Cl)c(Cl)c1Cl. The van der Waals surface area contributed by atoms with Crippen LogP contribution in [-0.2, 0) is 0 Å². The average molecular weight is 248 g/mol. The highest BCUT2D eigenvalue weighted by Gasteiger charge is 2.06. The van der Waals surface area contributed by atoms with Gasteiger partial charge in [-0.1, -0.05) is 34.8 Å². The van der Waals surface area contributed by atoms with Crippen LogP contribution in [0.4, 0.5) is 5.69 Å². The Morgan fingerprint density at radius 3 is 2.17 bits per heavy atom. The molecule has 0 saturated heterocycles. The lowest BCUT2D eigenvalue weighted by Crippen LogP contribution is -2.07. The van der Waals surface area contributed by atoms with Crippen LogP contribution in [0.3, 0.4) is 0 Å². The van der Waals surface area contributed by atoms with Crippen molar-refractivity contribution in [2.24, 2.45) is 5.84 Å². The molecule has 0 saturated carbocycles. The minimum atomic E-state index is 0. The molecule has 0 amide bonds. The average Bonchev–Trinajstić information content (AvgIpc) is 2.01. The standard InChI is InChI=1S/C6H5Cl3N2.ClH/c7-3-1-2-4(11-10)6(9)5(3)8;/h1-2,11H,10H2;1H. The Morgan fingerprint density at radius 2 is 1.67 bits per heavy atom. The van der Waals surface area contributed by atoms with E-state index in [0.29, 0.717) is 20.8 Å². The van der Waals surface area contributed by atoms with Crippen LogP contribution in [0, 0.1) is 0 Å². The molecular formula is C6H6Cl4N2. The lowest BCUT2D eigenvalue weighted by atomic mass is 10.3. The van der Waals surface area contributed by atoms with E-state index < -0.39 is 0 Å². The van der Waals surface area contributed by atoms with Gasteiger partial charge in [0.25, 0.3) is 0 Å². The minimum absolute atomic E-state index is 0. The normalized spacial score (nSPS) is 9.00. The third-order valence-electron chi connectivity index (χ3n) is 1.19. The van der Waals surface area contributed by atoms with Crippen molar-refractivity contribution < 1.29 is 0 Å². The summed E-state index contributed by atoms with van der Waals surface area (Å²) in [4.78, 5) is 0. The number of hydrazine groups is 1. The van der Waals surface area contributed by atoms with Gasteiger partial charge < -0.3 is 5.43 Å². The molecular weight excluding hydrogens is 242 g/mol. The number of nitrogens with one attached hydrogen (secondary N) is 1. The van der Waals surface area contributed by atoms with E-state index in [1.165, 1.54) is 0 Å². The molecule has 0 aliphatic heterocycles. The van der Waals surface area contributed by atoms with E-state index in [4.69, 9.17) is 40.6 Å². The van der Waals surface area contributed by atoms with E-state index in [2.05, 4.69) is 5.43 Å². The maximum atomic E-state index is 5.74. The zero-order valence-corrected chi connectivity index (χ0v) is 8.86. The molecule has 0 fully saturated rings. The Kier molecular flexibility index (Phi) is 5.06. The van der Waals surface area contributed by atoms with Crippen LogP contribution in [0.2, 0.25) is 15.1 Å².